The molecule has 0 aromatic heterocycles. The maximum absolute atomic E-state index is 13.4. The van der Waals surface area contributed by atoms with Gasteiger partial charge in [0, 0.05) is 6.54 Å². The minimum Gasteiger partial charge on any atom is -0.497 e. The summed E-state index contributed by atoms with van der Waals surface area (Å²) >= 11 is 0. The summed E-state index contributed by atoms with van der Waals surface area (Å²) in [5.74, 6) is 1.05. The van der Waals surface area contributed by atoms with Crippen LogP contribution in [0.25, 0.3) is 0 Å². The van der Waals surface area contributed by atoms with Crippen LogP contribution in [0.2, 0.25) is 0 Å². The van der Waals surface area contributed by atoms with Crippen LogP contribution in [-0.2, 0) is 21.2 Å². The highest BCUT2D eigenvalue weighted by atomic mass is 32.2. The molecular weight excluding hydrogens is 482 g/mol. The Morgan fingerprint density at radius 2 is 1.61 bits per heavy atom. The van der Waals surface area contributed by atoms with Crippen LogP contribution in [0.15, 0.2) is 82.8 Å². The van der Waals surface area contributed by atoms with Gasteiger partial charge in [-0.2, -0.15) is 9.41 Å². The van der Waals surface area contributed by atoms with Crippen molar-refractivity contribution < 1.29 is 27.4 Å². The molecule has 1 N–H and O–H groups in total. The highest BCUT2D eigenvalue weighted by Gasteiger charge is 2.26. The fraction of sp³-hybridized carbons (Fsp3) is 0.231. The lowest BCUT2D eigenvalue weighted by molar-refractivity contribution is -0.121. The van der Waals surface area contributed by atoms with Gasteiger partial charge in [0.25, 0.3) is 5.91 Å². The van der Waals surface area contributed by atoms with Crippen LogP contribution in [-0.4, -0.2) is 59.3 Å². The lowest BCUT2D eigenvalue weighted by Crippen LogP contribution is -2.40. The van der Waals surface area contributed by atoms with Crippen LogP contribution < -0.4 is 19.6 Å². The van der Waals surface area contributed by atoms with Gasteiger partial charge < -0.3 is 14.2 Å². The predicted molar refractivity (Wildman–Crippen MR) is 137 cm³/mol. The zero-order chi connectivity index (χ0) is 26.0. The molecule has 0 aliphatic rings. The number of amides is 1. The van der Waals surface area contributed by atoms with Crippen LogP contribution in [0.5, 0.6) is 17.2 Å². The van der Waals surface area contributed by atoms with Gasteiger partial charge in [0.05, 0.1) is 39.0 Å². The molecule has 0 saturated carbocycles. The van der Waals surface area contributed by atoms with E-state index in [0.717, 1.165) is 9.87 Å². The second kappa shape index (κ2) is 12.7. The fourth-order valence-corrected chi connectivity index (χ4v) is 4.78. The number of benzene rings is 3. The molecule has 3 rings (SSSR count). The van der Waals surface area contributed by atoms with Gasteiger partial charge in [0.1, 0.15) is 5.75 Å². The van der Waals surface area contributed by atoms with Crippen molar-refractivity contribution in [2.45, 2.75) is 11.3 Å². The van der Waals surface area contributed by atoms with Gasteiger partial charge in [-0.05, 0) is 60.0 Å². The van der Waals surface area contributed by atoms with Gasteiger partial charge in [-0.1, -0.05) is 30.3 Å². The Bertz CT molecular complexity index is 1280. The summed E-state index contributed by atoms with van der Waals surface area (Å²) in [6, 6.07) is 20.7. The van der Waals surface area contributed by atoms with E-state index in [4.69, 9.17) is 14.2 Å². The fourth-order valence-electron chi connectivity index (χ4n) is 3.39. The van der Waals surface area contributed by atoms with Crippen molar-refractivity contribution in [3.8, 4) is 17.2 Å². The molecule has 0 radical (unpaired) electrons. The van der Waals surface area contributed by atoms with Crippen LogP contribution >= 0.6 is 0 Å². The van der Waals surface area contributed by atoms with Crippen LogP contribution in [0, 0.1) is 0 Å². The summed E-state index contributed by atoms with van der Waals surface area (Å²) in [7, 11) is 0.611. The molecule has 0 heterocycles. The molecule has 0 spiro atoms. The van der Waals surface area contributed by atoms with Crippen molar-refractivity contribution in [1.29, 1.82) is 0 Å². The van der Waals surface area contributed by atoms with Gasteiger partial charge >= 0.3 is 0 Å². The van der Waals surface area contributed by atoms with Crippen LogP contribution in [0.1, 0.15) is 11.1 Å². The summed E-state index contributed by atoms with van der Waals surface area (Å²) < 4.78 is 43.4. The zero-order valence-electron chi connectivity index (χ0n) is 20.4. The van der Waals surface area contributed by atoms with E-state index < -0.39 is 22.5 Å². The average Bonchev–Trinajstić information content (AvgIpc) is 2.91. The number of hydrazone groups is 1. The van der Waals surface area contributed by atoms with E-state index in [9.17, 15) is 13.2 Å². The monoisotopic (exact) mass is 511 g/mol. The summed E-state index contributed by atoms with van der Waals surface area (Å²) in [5, 5.41) is 3.96. The van der Waals surface area contributed by atoms with E-state index in [0.29, 0.717) is 29.2 Å². The van der Waals surface area contributed by atoms with Crippen molar-refractivity contribution in [3.63, 3.8) is 0 Å². The van der Waals surface area contributed by atoms with Gasteiger partial charge in [0.15, 0.2) is 11.5 Å². The molecule has 0 aliphatic heterocycles. The van der Waals surface area contributed by atoms with E-state index in [-0.39, 0.29) is 11.4 Å². The molecule has 0 bridgehead atoms. The molecule has 190 valence electrons. The van der Waals surface area contributed by atoms with Gasteiger partial charge in [-0.25, -0.2) is 13.8 Å². The highest BCUT2D eigenvalue weighted by molar-refractivity contribution is 7.89. The standard InChI is InChI=1S/C26H29N3O6S/c1-33-22-10-12-23(13-11-22)36(31,32)29(16-15-20-7-5-4-6-8-20)19-26(30)28-27-18-21-9-14-24(34-2)25(17-21)35-3/h4-14,17-18H,15-16,19H2,1-3H3,(H,28,30)/b27-18-. The Morgan fingerprint density at radius 3 is 2.25 bits per heavy atom. The highest BCUT2D eigenvalue weighted by Crippen LogP contribution is 2.26. The van der Waals surface area contributed by atoms with Crippen molar-refractivity contribution >= 4 is 22.1 Å². The number of nitrogens with zero attached hydrogens (tertiary/aromatic N) is 2. The first-order valence-electron chi connectivity index (χ1n) is 11.1. The lowest BCUT2D eigenvalue weighted by atomic mass is 10.1. The molecule has 0 fully saturated rings. The van der Waals surface area contributed by atoms with Gasteiger partial charge in [-0.3, -0.25) is 4.79 Å². The van der Waals surface area contributed by atoms with E-state index in [1.807, 2.05) is 30.3 Å². The van der Waals surface area contributed by atoms with E-state index in [1.54, 1.807) is 30.3 Å². The SMILES string of the molecule is COc1ccc(S(=O)(=O)N(CCc2ccccc2)CC(=O)N/N=C\c2ccc(OC)c(OC)c2)cc1. The summed E-state index contributed by atoms with van der Waals surface area (Å²) in [6.45, 7) is -0.282. The van der Waals surface area contributed by atoms with Crippen molar-refractivity contribution in [2.75, 3.05) is 34.4 Å². The number of carbonyl (C=O) groups is 1. The topological polar surface area (TPSA) is 107 Å². The Morgan fingerprint density at radius 1 is 0.917 bits per heavy atom. The van der Waals surface area contributed by atoms with Crippen molar-refractivity contribution in [2.24, 2.45) is 5.10 Å². The maximum Gasteiger partial charge on any atom is 0.255 e. The molecule has 3 aromatic carbocycles. The molecular formula is C26H29N3O6S. The first kappa shape index (κ1) is 26.7. The number of hydrogen-bond acceptors (Lipinski definition) is 7. The maximum atomic E-state index is 13.4. The Balaban J connectivity index is 1.74. The Hall–Kier alpha value is -3.89. The van der Waals surface area contributed by atoms with E-state index in [2.05, 4.69) is 10.5 Å². The predicted octanol–water partition coefficient (Wildman–Crippen LogP) is 3.10. The number of ether oxygens (including phenoxy) is 3. The van der Waals surface area contributed by atoms with E-state index >= 15 is 0 Å². The van der Waals surface area contributed by atoms with Crippen molar-refractivity contribution in [1.82, 2.24) is 9.73 Å². The van der Waals surface area contributed by atoms with E-state index in [1.165, 1.54) is 39.7 Å². The van der Waals surface area contributed by atoms with Crippen molar-refractivity contribution in [3.05, 3.63) is 83.9 Å². The zero-order valence-corrected chi connectivity index (χ0v) is 21.2. The Labute approximate surface area is 211 Å². The molecule has 10 heteroatoms. The molecule has 0 unspecified atom stereocenters. The second-order valence-corrected chi connectivity index (χ2v) is 9.60. The molecule has 1 amide bonds. The third kappa shape index (κ3) is 7.06. The second-order valence-electron chi connectivity index (χ2n) is 7.66. The quantitative estimate of drug-likeness (QED) is 0.296. The molecule has 0 saturated heterocycles. The number of sulfonamides is 1. The lowest BCUT2D eigenvalue weighted by Gasteiger charge is -2.21. The average molecular weight is 512 g/mol. The Kier molecular flexibility index (Phi) is 9.43. The minimum atomic E-state index is -3.95. The number of methoxy groups -OCH3 is 3. The molecule has 3 aromatic rings. The first-order chi connectivity index (χ1) is 17.4. The summed E-state index contributed by atoms with van der Waals surface area (Å²) in [4.78, 5) is 12.7. The summed E-state index contributed by atoms with van der Waals surface area (Å²) in [6.07, 6.45) is 1.88. The van der Waals surface area contributed by atoms with Crippen LogP contribution in [0.4, 0.5) is 0 Å². The third-order valence-corrected chi connectivity index (χ3v) is 7.18. The normalized spacial score (nSPS) is 11.4. The number of rotatable bonds is 12. The molecule has 0 atom stereocenters. The molecule has 9 nitrogen and oxygen atoms in total. The first-order valence-corrected chi connectivity index (χ1v) is 12.5. The number of hydrogen-bond donors (Lipinski definition) is 1. The third-order valence-electron chi connectivity index (χ3n) is 5.32. The smallest absolute Gasteiger partial charge is 0.255 e. The largest absolute Gasteiger partial charge is 0.497 e. The number of carbonyl (C=O) groups excluding carboxylic acids is 1. The summed E-state index contributed by atoms with van der Waals surface area (Å²) in [5.41, 5.74) is 4.02. The van der Waals surface area contributed by atoms with Gasteiger partial charge in [-0.15, -0.1) is 0 Å². The molecule has 36 heavy (non-hydrogen) atoms. The number of nitrogens with one attached hydrogen (secondary N) is 1. The molecule has 0 aliphatic carbocycles. The van der Waals surface area contributed by atoms with Gasteiger partial charge in [0.2, 0.25) is 10.0 Å². The van der Waals surface area contributed by atoms with Crippen LogP contribution in [0.3, 0.4) is 0 Å². The minimum absolute atomic E-state index is 0.0676.